The maximum absolute atomic E-state index is 13.2. The maximum atomic E-state index is 13.2. The summed E-state index contributed by atoms with van der Waals surface area (Å²) in [5.74, 6) is -1.02. The number of carbonyl (C=O) groups excluding carboxylic acids is 2. The van der Waals surface area contributed by atoms with Gasteiger partial charge in [0, 0.05) is 13.5 Å². The van der Waals surface area contributed by atoms with Crippen LogP contribution in [0, 0.1) is 18.7 Å². The number of benzene rings is 1. The summed E-state index contributed by atoms with van der Waals surface area (Å²) in [5.41, 5.74) is 0.737. The molecule has 1 saturated heterocycles. The third-order valence-corrected chi connectivity index (χ3v) is 4.92. The number of carbonyl (C=O) groups is 2. The molecule has 6 nitrogen and oxygen atoms in total. The molecule has 0 spiro atoms. The van der Waals surface area contributed by atoms with Gasteiger partial charge in [-0.15, -0.1) is 10.2 Å². The van der Waals surface area contributed by atoms with Crippen molar-refractivity contribution in [1.29, 1.82) is 0 Å². The second-order valence-corrected chi connectivity index (χ2v) is 6.94. The van der Waals surface area contributed by atoms with E-state index in [9.17, 15) is 14.0 Å². The highest BCUT2D eigenvalue weighted by Crippen LogP contribution is 2.36. The maximum Gasteiger partial charge on any atom is 0.231 e. The third kappa shape index (κ3) is 3.28. The number of hydrogen-bond acceptors (Lipinski definition) is 5. The lowest BCUT2D eigenvalue weighted by Gasteiger charge is -2.38. The van der Waals surface area contributed by atoms with Gasteiger partial charge in [0.25, 0.3) is 0 Å². The average Bonchev–Trinajstić information content (AvgIpc) is 2.96. The first kappa shape index (κ1) is 16.5. The fourth-order valence-electron chi connectivity index (χ4n) is 2.97. The highest BCUT2D eigenvalue weighted by atomic mass is 32.1. The van der Waals surface area contributed by atoms with Gasteiger partial charge in [-0.3, -0.25) is 9.59 Å². The van der Waals surface area contributed by atoms with Crippen LogP contribution in [0.2, 0.25) is 0 Å². The van der Waals surface area contributed by atoms with Crippen molar-refractivity contribution < 1.29 is 14.0 Å². The van der Waals surface area contributed by atoms with E-state index in [0.717, 1.165) is 10.6 Å². The zero-order chi connectivity index (χ0) is 17.3. The molecule has 1 aliphatic rings. The van der Waals surface area contributed by atoms with Crippen molar-refractivity contribution in [2.45, 2.75) is 25.8 Å². The molecule has 1 aromatic carbocycles. The van der Waals surface area contributed by atoms with E-state index in [1.54, 1.807) is 24.1 Å². The van der Waals surface area contributed by atoms with Crippen molar-refractivity contribution in [2.75, 3.05) is 12.4 Å². The predicted molar refractivity (Wildman–Crippen MR) is 87.9 cm³/mol. The van der Waals surface area contributed by atoms with Crippen molar-refractivity contribution >= 4 is 28.3 Å². The molecule has 2 heterocycles. The molecule has 1 aromatic heterocycles. The molecular weight excluding hydrogens is 331 g/mol. The quantitative estimate of drug-likeness (QED) is 0.925. The first-order valence-corrected chi connectivity index (χ1v) is 8.39. The van der Waals surface area contributed by atoms with Crippen molar-refractivity contribution in [3.05, 3.63) is 40.7 Å². The second kappa shape index (κ2) is 6.64. The number of halogens is 1. The summed E-state index contributed by atoms with van der Waals surface area (Å²) in [5, 5.41) is 11.7. The van der Waals surface area contributed by atoms with Crippen LogP contribution in [-0.2, 0) is 9.59 Å². The first-order chi connectivity index (χ1) is 11.5. The summed E-state index contributed by atoms with van der Waals surface area (Å²) in [6.45, 7) is 1.81. The Bertz CT molecular complexity index is 762. The SMILES string of the molecule is Cc1nnc(NC(=O)[C@H]2CCC(=O)N(C)[C@@H]2c2ccc(F)cc2)s1. The van der Waals surface area contributed by atoms with Crippen LogP contribution in [0.3, 0.4) is 0 Å². The highest BCUT2D eigenvalue weighted by molar-refractivity contribution is 7.15. The molecule has 126 valence electrons. The van der Waals surface area contributed by atoms with Crippen molar-refractivity contribution in [1.82, 2.24) is 15.1 Å². The number of rotatable bonds is 3. The van der Waals surface area contributed by atoms with Gasteiger partial charge in [0.2, 0.25) is 16.9 Å². The number of amides is 2. The van der Waals surface area contributed by atoms with Gasteiger partial charge in [0.15, 0.2) is 0 Å². The highest BCUT2D eigenvalue weighted by Gasteiger charge is 2.39. The minimum atomic E-state index is -0.430. The molecule has 3 rings (SSSR count). The second-order valence-electron chi connectivity index (χ2n) is 5.76. The predicted octanol–water partition coefficient (Wildman–Crippen LogP) is 2.53. The van der Waals surface area contributed by atoms with E-state index in [4.69, 9.17) is 0 Å². The average molecular weight is 348 g/mol. The Morgan fingerprint density at radius 3 is 2.67 bits per heavy atom. The molecule has 1 fully saturated rings. The summed E-state index contributed by atoms with van der Waals surface area (Å²) in [7, 11) is 1.67. The molecule has 2 amide bonds. The van der Waals surface area contributed by atoms with Crippen molar-refractivity contribution in [3.8, 4) is 0 Å². The molecule has 0 bridgehead atoms. The Morgan fingerprint density at radius 2 is 2.04 bits per heavy atom. The minimum Gasteiger partial charge on any atom is -0.338 e. The van der Waals surface area contributed by atoms with Gasteiger partial charge in [-0.25, -0.2) is 4.39 Å². The normalized spacial score (nSPS) is 21.0. The van der Waals surface area contributed by atoms with Crippen molar-refractivity contribution in [2.24, 2.45) is 5.92 Å². The number of aromatic nitrogens is 2. The van der Waals surface area contributed by atoms with Crippen LogP contribution >= 0.6 is 11.3 Å². The Kier molecular flexibility index (Phi) is 4.57. The van der Waals surface area contributed by atoms with E-state index >= 15 is 0 Å². The standard InChI is InChI=1S/C16H17FN4O2S/c1-9-19-20-16(24-9)18-15(23)12-7-8-13(22)21(2)14(12)10-3-5-11(17)6-4-10/h3-6,12,14H,7-8H2,1-2H3,(H,18,20,23)/t12-,14+/m0/s1. The molecule has 24 heavy (non-hydrogen) atoms. The van der Waals surface area contributed by atoms with Gasteiger partial charge in [-0.2, -0.15) is 0 Å². The summed E-state index contributed by atoms with van der Waals surface area (Å²) in [6.07, 6.45) is 0.746. The lowest BCUT2D eigenvalue weighted by Crippen LogP contribution is -2.44. The number of piperidine rings is 1. The van der Waals surface area contributed by atoms with Crippen LogP contribution in [-0.4, -0.2) is 34.0 Å². The number of aryl methyl sites for hydroxylation is 1. The van der Waals surface area contributed by atoms with E-state index in [0.29, 0.717) is 18.0 Å². The van der Waals surface area contributed by atoms with E-state index < -0.39 is 12.0 Å². The summed E-state index contributed by atoms with van der Waals surface area (Å²) in [4.78, 5) is 26.3. The number of hydrogen-bond donors (Lipinski definition) is 1. The molecule has 0 unspecified atom stereocenters. The lowest BCUT2D eigenvalue weighted by atomic mass is 9.84. The molecule has 2 atom stereocenters. The van der Waals surface area contributed by atoms with Crippen LogP contribution in [0.4, 0.5) is 9.52 Å². The summed E-state index contributed by atoms with van der Waals surface area (Å²) >= 11 is 1.30. The molecule has 2 aromatic rings. The Labute approximate surface area is 142 Å². The van der Waals surface area contributed by atoms with E-state index in [-0.39, 0.29) is 17.6 Å². The molecule has 8 heteroatoms. The largest absolute Gasteiger partial charge is 0.338 e. The van der Waals surface area contributed by atoms with E-state index in [2.05, 4.69) is 15.5 Å². The number of nitrogens with zero attached hydrogens (tertiary/aromatic N) is 3. The zero-order valence-electron chi connectivity index (χ0n) is 13.3. The molecule has 0 saturated carbocycles. The van der Waals surface area contributed by atoms with Crippen LogP contribution in [0.25, 0.3) is 0 Å². The Morgan fingerprint density at radius 1 is 1.33 bits per heavy atom. The summed E-state index contributed by atoms with van der Waals surface area (Å²) in [6, 6.07) is 5.48. The van der Waals surface area contributed by atoms with Gasteiger partial charge < -0.3 is 10.2 Å². The molecule has 0 aliphatic carbocycles. The minimum absolute atomic E-state index is 0.0277. The lowest BCUT2D eigenvalue weighted by molar-refractivity contribution is -0.140. The van der Waals surface area contributed by atoms with Gasteiger partial charge >= 0.3 is 0 Å². The number of anilines is 1. The zero-order valence-corrected chi connectivity index (χ0v) is 14.1. The topological polar surface area (TPSA) is 75.2 Å². The van der Waals surface area contributed by atoms with Gasteiger partial charge in [-0.05, 0) is 31.0 Å². The number of likely N-dealkylation sites (tertiary alicyclic amines) is 1. The molecule has 0 radical (unpaired) electrons. The smallest absolute Gasteiger partial charge is 0.231 e. The molecule has 1 N–H and O–H groups in total. The van der Waals surface area contributed by atoms with Gasteiger partial charge in [-0.1, -0.05) is 23.5 Å². The first-order valence-electron chi connectivity index (χ1n) is 7.58. The Balaban J connectivity index is 1.86. The monoisotopic (exact) mass is 348 g/mol. The third-order valence-electron chi connectivity index (χ3n) is 4.17. The van der Waals surface area contributed by atoms with Gasteiger partial charge in [0.05, 0.1) is 12.0 Å². The van der Waals surface area contributed by atoms with Crippen LogP contribution < -0.4 is 5.32 Å². The van der Waals surface area contributed by atoms with Crippen LogP contribution in [0.5, 0.6) is 0 Å². The van der Waals surface area contributed by atoms with E-state index in [1.807, 2.05) is 6.92 Å². The fraction of sp³-hybridized carbons (Fsp3) is 0.375. The van der Waals surface area contributed by atoms with Crippen molar-refractivity contribution in [3.63, 3.8) is 0 Å². The fourth-order valence-corrected chi connectivity index (χ4v) is 3.57. The van der Waals surface area contributed by atoms with Gasteiger partial charge in [0.1, 0.15) is 10.8 Å². The molecule has 1 aliphatic heterocycles. The number of nitrogens with one attached hydrogen (secondary N) is 1. The summed E-state index contributed by atoms with van der Waals surface area (Å²) < 4.78 is 13.2. The molecular formula is C16H17FN4O2S. The van der Waals surface area contributed by atoms with Crippen LogP contribution in [0.1, 0.15) is 29.5 Å². The van der Waals surface area contributed by atoms with Crippen LogP contribution in [0.15, 0.2) is 24.3 Å². The van der Waals surface area contributed by atoms with E-state index in [1.165, 1.54) is 23.5 Å². The Hall–Kier alpha value is -2.35.